The standard InChI is InChI=1S/C22H28N2O2/c1-17-7-10-20(11-8-17)24-14-13-18(16-24)15-23-22(25)12-9-19-5-3-4-6-21(19)26-2/h3-8,10-11,18H,9,12-16H2,1-2H3,(H,23,25). The van der Waals surface area contributed by atoms with E-state index >= 15 is 0 Å². The molecule has 26 heavy (non-hydrogen) atoms. The first-order valence-corrected chi connectivity index (χ1v) is 9.36. The van der Waals surface area contributed by atoms with Gasteiger partial charge in [-0.2, -0.15) is 0 Å². The lowest BCUT2D eigenvalue weighted by Crippen LogP contribution is -2.31. The van der Waals surface area contributed by atoms with Crippen molar-refractivity contribution in [2.24, 2.45) is 5.92 Å². The summed E-state index contributed by atoms with van der Waals surface area (Å²) in [6.07, 6.45) is 2.32. The molecule has 3 rings (SSSR count). The van der Waals surface area contributed by atoms with Gasteiger partial charge in [-0.3, -0.25) is 4.79 Å². The smallest absolute Gasteiger partial charge is 0.220 e. The van der Waals surface area contributed by atoms with Gasteiger partial charge in [0, 0.05) is 31.7 Å². The van der Waals surface area contributed by atoms with E-state index < -0.39 is 0 Å². The Bertz CT molecular complexity index is 727. The van der Waals surface area contributed by atoms with E-state index in [1.165, 1.54) is 11.3 Å². The van der Waals surface area contributed by atoms with Gasteiger partial charge in [-0.1, -0.05) is 35.9 Å². The first kappa shape index (κ1) is 18.3. The maximum Gasteiger partial charge on any atom is 0.220 e. The topological polar surface area (TPSA) is 41.6 Å². The number of nitrogens with zero attached hydrogens (tertiary/aromatic N) is 1. The van der Waals surface area contributed by atoms with Crippen molar-refractivity contribution in [3.63, 3.8) is 0 Å². The third kappa shape index (κ3) is 4.78. The zero-order valence-corrected chi connectivity index (χ0v) is 15.7. The number of ether oxygens (including phenoxy) is 1. The van der Waals surface area contributed by atoms with Crippen LogP contribution in [0.5, 0.6) is 5.75 Å². The number of rotatable bonds is 7. The van der Waals surface area contributed by atoms with E-state index in [2.05, 4.69) is 41.4 Å². The van der Waals surface area contributed by atoms with E-state index in [9.17, 15) is 4.79 Å². The van der Waals surface area contributed by atoms with Crippen LogP contribution >= 0.6 is 0 Å². The van der Waals surface area contributed by atoms with Crippen LogP contribution in [0.2, 0.25) is 0 Å². The molecule has 138 valence electrons. The van der Waals surface area contributed by atoms with Gasteiger partial charge in [0.15, 0.2) is 0 Å². The Balaban J connectivity index is 1.41. The first-order chi connectivity index (χ1) is 12.7. The SMILES string of the molecule is COc1ccccc1CCC(=O)NCC1CCN(c2ccc(C)cc2)C1. The van der Waals surface area contributed by atoms with Crippen LogP contribution in [0.25, 0.3) is 0 Å². The fourth-order valence-corrected chi connectivity index (χ4v) is 3.49. The third-order valence-electron chi connectivity index (χ3n) is 5.09. The Hall–Kier alpha value is -2.49. The van der Waals surface area contributed by atoms with Crippen molar-refractivity contribution < 1.29 is 9.53 Å². The Labute approximate surface area is 156 Å². The van der Waals surface area contributed by atoms with Gasteiger partial charge in [0.25, 0.3) is 0 Å². The highest BCUT2D eigenvalue weighted by molar-refractivity contribution is 5.76. The Morgan fingerprint density at radius 2 is 1.96 bits per heavy atom. The molecular formula is C22H28N2O2. The maximum absolute atomic E-state index is 12.2. The number of carbonyl (C=O) groups excluding carboxylic acids is 1. The molecule has 2 aromatic carbocycles. The predicted molar refractivity (Wildman–Crippen MR) is 106 cm³/mol. The molecule has 1 atom stereocenters. The van der Waals surface area contributed by atoms with Gasteiger partial charge in [-0.05, 0) is 49.4 Å². The van der Waals surface area contributed by atoms with Crippen LogP contribution in [0.3, 0.4) is 0 Å². The average Bonchev–Trinajstić information content (AvgIpc) is 3.14. The summed E-state index contributed by atoms with van der Waals surface area (Å²) >= 11 is 0. The molecule has 1 saturated heterocycles. The van der Waals surface area contributed by atoms with Gasteiger partial charge in [0.1, 0.15) is 5.75 Å². The number of nitrogens with one attached hydrogen (secondary N) is 1. The minimum atomic E-state index is 0.115. The predicted octanol–water partition coefficient (Wildman–Crippen LogP) is 3.58. The molecule has 4 nitrogen and oxygen atoms in total. The van der Waals surface area contributed by atoms with Crippen molar-refractivity contribution >= 4 is 11.6 Å². The number of hydrogen-bond acceptors (Lipinski definition) is 3. The van der Waals surface area contributed by atoms with Crippen LogP contribution in [0, 0.1) is 12.8 Å². The van der Waals surface area contributed by atoms with Crippen molar-refractivity contribution in [2.45, 2.75) is 26.2 Å². The van der Waals surface area contributed by atoms with Gasteiger partial charge in [-0.25, -0.2) is 0 Å². The molecule has 0 spiro atoms. The molecule has 0 saturated carbocycles. The summed E-state index contributed by atoms with van der Waals surface area (Å²) in [5, 5.41) is 3.11. The molecule has 0 aliphatic carbocycles. The van der Waals surface area contributed by atoms with E-state index in [1.807, 2.05) is 24.3 Å². The maximum atomic E-state index is 12.2. The molecule has 1 amide bonds. The molecule has 1 aliphatic rings. The summed E-state index contributed by atoms with van der Waals surface area (Å²) in [4.78, 5) is 14.6. The molecule has 0 aromatic heterocycles. The second-order valence-corrected chi connectivity index (χ2v) is 7.05. The van der Waals surface area contributed by atoms with Crippen LogP contribution in [-0.4, -0.2) is 32.7 Å². The van der Waals surface area contributed by atoms with Crippen molar-refractivity contribution in [3.05, 3.63) is 59.7 Å². The van der Waals surface area contributed by atoms with E-state index in [-0.39, 0.29) is 5.91 Å². The number of carbonyl (C=O) groups is 1. The zero-order chi connectivity index (χ0) is 18.4. The molecule has 4 heteroatoms. The molecule has 1 N–H and O–H groups in total. The molecule has 1 heterocycles. The Morgan fingerprint density at radius 3 is 2.73 bits per heavy atom. The summed E-state index contributed by atoms with van der Waals surface area (Å²) in [6.45, 7) is 4.94. The number of aryl methyl sites for hydroxylation is 2. The number of hydrogen-bond donors (Lipinski definition) is 1. The van der Waals surface area contributed by atoms with Crippen LogP contribution in [0.15, 0.2) is 48.5 Å². The minimum Gasteiger partial charge on any atom is -0.496 e. The average molecular weight is 352 g/mol. The Morgan fingerprint density at radius 1 is 1.19 bits per heavy atom. The van der Waals surface area contributed by atoms with E-state index in [4.69, 9.17) is 4.74 Å². The molecule has 1 fully saturated rings. The van der Waals surface area contributed by atoms with Gasteiger partial charge in [0.05, 0.1) is 7.11 Å². The normalized spacial score (nSPS) is 16.5. The second kappa shape index (κ2) is 8.75. The summed E-state index contributed by atoms with van der Waals surface area (Å²) in [6, 6.07) is 16.6. The zero-order valence-electron chi connectivity index (χ0n) is 15.7. The van der Waals surface area contributed by atoms with Gasteiger partial charge >= 0.3 is 0 Å². The van der Waals surface area contributed by atoms with Crippen LogP contribution in [0.4, 0.5) is 5.69 Å². The minimum absolute atomic E-state index is 0.115. The highest BCUT2D eigenvalue weighted by atomic mass is 16.5. The van der Waals surface area contributed by atoms with Gasteiger partial charge < -0.3 is 15.0 Å². The molecular weight excluding hydrogens is 324 g/mol. The van der Waals surface area contributed by atoms with Crippen molar-refractivity contribution in [1.29, 1.82) is 0 Å². The number of methoxy groups -OCH3 is 1. The lowest BCUT2D eigenvalue weighted by molar-refractivity contribution is -0.121. The third-order valence-corrected chi connectivity index (χ3v) is 5.09. The molecule has 0 radical (unpaired) electrons. The molecule has 1 aliphatic heterocycles. The monoisotopic (exact) mass is 352 g/mol. The summed E-state index contributed by atoms with van der Waals surface area (Å²) in [7, 11) is 1.67. The number of anilines is 1. The first-order valence-electron chi connectivity index (χ1n) is 9.36. The van der Waals surface area contributed by atoms with Crippen molar-refractivity contribution in [2.75, 3.05) is 31.6 Å². The van der Waals surface area contributed by atoms with Crippen LogP contribution in [-0.2, 0) is 11.2 Å². The van der Waals surface area contributed by atoms with Gasteiger partial charge in [-0.15, -0.1) is 0 Å². The van der Waals surface area contributed by atoms with E-state index in [0.717, 1.165) is 37.4 Å². The summed E-state index contributed by atoms with van der Waals surface area (Å²) < 4.78 is 5.34. The summed E-state index contributed by atoms with van der Waals surface area (Å²) in [5.41, 5.74) is 3.64. The molecule has 0 bridgehead atoms. The Kier molecular flexibility index (Phi) is 6.16. The number of benzene rings is 2. The highest BCUT2D eigenvalue weighted by Crippen LogP contribution is 2.24. The van der Waals surface area contributed by atoms with Crippen molar-refractivity contribution in [1.82, 2.24) is 5.32 Å². The largest absolute Gasteiger partial charge is 0.496 e. The van der Waals surface area contributed by atoms with Crippen molar-refractivity contribution in [3.8, 4) is 5.75 Å². The highest BCUT2D eigenvalue weighted by Gasteiger charge is 2.23. The van der Waals surface area contributed by atoms with E-state index in [0.29, 0.717) is 18.8 Å². The number of amides is 1. The van der Waals surface area contributed by atoms with Gasteiger partial charge in [0.2, 0.25) is 5.91 Å². The van der Waals surface area contributed by atoms with Crippen LogP contribution in [0.1, 0.15) is 24.0 Å². The lowest BCUT2D eigenvalue weighted by Gasteiger charge is -2.19. The lowest BCUT2D eigenvalue weighted by atomic mass is 10.1. The molecule has 2 aromatic rings. The second-order valence-electron chi connectivity index (χ2n) is 7.05. The fourth-order valence-electron chi connectivity index (χ4n) is 3.49. The fraction of sp³-hybridized carbons (Fsp3) is 0.409. The van der Waals surface area contributed by atoms with E-state index in [1.54, 1.807) is 7.11 Å². The molecule has 1 unspecified atom stereocenters. The van der Waals surface area contributed by atoms with Crippen LogP contribution < -0.4 is 15.0 Å². The summed E-state index contributed by atoms with van der Waals surface area (Å²) in [5.74, 6) is 1.49. The quantitative estimate of drug-likeness (QED) is 0.828. The number of para-hydroxylation sites is 1.